The molecule has 10 heteroatoms. The van der Waals surface area contributed by atoms with Crippen LogP contribution in [0.25, 0.3) is 5.65 Å². The molecule has 1 saturated heterocycles. The molecule has 1 fully saturated rings. The highest BCUT2D eigenvalue weighted by molar-refractivity contribution is 5.94. The van der Waals surface area contributed by atoms with E-state index in [4.69, 9.17) is 0 Å². The zero-order valence-electron chi connectivity index (χ0n) is 18.8. The molecule has 3 aromatic heterocycles. The smallest absolute Gasteiger partial charge is 0.333 e. The molecule has 8 nitrogen and oxygen atoms in total. The minimum atomic E-state index is -2.85. The third kappa shape index (κ3) is 4.77. The van der Waals surface area contributed by atoms with Crippen LogP contribution in [0.1, 0.15) is 57.3 Å². The number of halogens is 2. The van der Waals surface area contributed by atoms with Crippen LogP contribution in [0.4, 0.5) is 8.78 Å². The van der Waals surface area contributed by atoms with Crippen molar-refractivity contribution in [2.45, 2.75) is 31.9 Å². The summed E-state index contributed by atoms with van der Waals surface area (Å²) >= 11 is 0. The number of piperidine rings is 1. The number of carbonyl (C=O) groups excluding carboxylic acids is 2. The van der Waals surface area contributed by atoms with Gasteiger partial charge in [0.25, 0.3) is 11.8 Å². The van der Waals surface area contributed by atoms with Crippen molar-refractivity contribution < 1.29 is 18.4 Å². The topological polar surface area (TPSA) is 84.5 Å². The molecule has 0 unspecified atom stereocenters. The summed E-state index contributed by atoms with van der Waals surface area (Å²) in [6, 6.07) is 12.7. The maximum atomic E-state index is 13.0. The van der Waals surface area contributed by atoms with Crippen LogP contribution < -0.4 is 5.32 Å². The number of nitrogens with one attached hydrogen (secondary N) is 1. The number of alkyl halides is 2. The summed E-state index contributed by atoms with van der Waals surface area (Å²) in [5.74, 6) is -0.353. The first kappa shape index (κ1) is 22.7. The number of fused-ring (bicyclic) bond motifs is 1. The highest BCUT2D eigenvalue weighted by Gasteiger charge is 2.28. The summed E-state index contributed by atoms with van der Waals surface area (Å²) in [6.45, 7) is -1.50. The van der Waals surface area contributed by atoms with E-state index in [0.29, 0.717) is 29.9 Å². The number of nitrogens with zero attached hydrogens (tertiary/aromatic N) is 5. The van der Waals surface area contributed by atoms with Gasteiger partial charge in [0.15, 0.2) is 0 Å². The minimum Gasteiger partial charge on any atom is -0.348 e. The molecule has 2 amide bonds. The molecular formula is C25H24F2N6O2. The molecule has 0 saturated carbocycles. The van der Waals surface area contributed by atoms with Gasteiger partial charge in [0, 0.05) is 50.0 Å². The number of carbonyl (C=O) groups is 2. The first-order valence-electron chi connectivity index (χ1n) is 11.4. The van der Waals surface area contributed by atoms with Gasteiger partial charge < -0.3 is 14.6 Å². The Hall–Kier alpha value is -4.08. The number of aromatic nitrogens is 4. The van der Waals surface area contributed by atoms with Crippen LogP contribution in [-0.2, 0) is 6.54 Å². The molecule has 0 atom stereocenters. The Balaban J connectivity index is 1.15. The number of hydrogen-bond donors (Lipinski definition) is 1. The van der Waals surface area contributed by atoms with Crippen molar-refractivity contribution in [3.8, 4) is 0 Å². The summed E-state index contributed by atoms with van der Waals surface area (Å²) in [5.41, 5.74) is 3.36. The number of rotatable bonds is 6. The lowest BCUT2D eigenvalue weighted by Gasteiger charge is -2.32. The van der Waals surface area contributed by atoms with E-state index < -0.39 is 12.5 Å². The monoisotopic (exact) mass is 478 g/mol. The van der Waals surface area contributed by atoms with E-state index in [1.807, 2.05) is 41.1 Å². The molecule has 0 aliphatic carbocycles. The Labute approximate surface area is 200 Å². The maximum Gasteiger partial charge on any atom is 0.333 e. The zero-order valence-corrected chi connectivity index (χ0v) is 18.8. The van der Waals surface area contributed by atoms with Gasteiger partial charge in [-0.05, 0) is 60.2 Å². The molecule has 35 heavy (non-hydrogen) atoms. The standard InChI is InChI=1S/C25H24F2N6O2/c26-25(27)33-21(5-9-30-33)24(35)32-12-7-19(8-13-32)18-1-3-20(4-2-18)23(34)29-16-17-6-11-31-14-10-28-22(31)15-17/h1-6,9-11,14-15,19,25H,7-8,12-13,16H2,(H,29,34). The van der Waals surface area contributed by atoms with Gasteiger partial charge in [-0.1, -0.05) is 12.1 Å². The quantitative estimate of drug-likeness (QED) is 0.456. The second-order valence-electron chi connectivity index (χ2n) is 8.54. The average molecular weight is 479 g/mol. The summed E-state index contributed by atoms with van der Waals surface area (Å²) in [4.78, 5) is 31.1. The minimum absolute atomic E-state index is 0.0986. The summed E-state index contributed by atoms with van der Waals surface area (Å²) < 4.78 is 28.4. The Morgan fingerprint density at radius 3 is 2.54 bits per heavy atom. The van der Waals surface area contributed by atoms with Gasteiger partial charge in [-0.3, -0.25) is 9.59 Å². The Morgan fingerprint density at radius 1 is 1.03 bits per heavy atom. The maximum absolute atomic E-state index is 13.0. The third-order valence-electron chi connectivity index (χ3n) is 6.42. The lowest BCUT2D eigenvalue weighted by Crippen LogP contribution is -2.39. The van der Waals surface area contributed by atoms with E-state index in [9.17, 15) is 18.4 Å². The van der Waals surface area contributed by atoms with E-state index in [-0.39, 0.29) is 17.5 Å². The highest BCUT2D eigenvalue weighted by atomic mass is 19.3. The fraction of sp³-hybridized carbons (Fsp3) is 0.280. The SMILES string of the molecule is O=C(NCc1ccn2ccnc2c1)c1ccc(C2CCN(C(=O)c3ccnn3C(F)F)CC2)cc1. The number of likely N-dealkylation sites (tertiary alicyclic amines) is 1. The van der Waals surface area contributed by atoms with Crippen LogP contribution in [0.5, 0.6) is 0 Å². The van der Waals surface area contributed by atoms with Gasteiger partial charge >= 0.3 is 6.55 Å². The normalized spacial score (nSPS) is 14.5. The molecule has 1 aromatic carbocycles. The van der Waals surface area contributed by atoms with E-state index in [1.54, 1.807) is 23.2 Å². The predicted octanol–water partition coefficient (Wildman–Crippen LogP) is 3.88. The third-order valence-corrected chi connectivity index (χ3v) is 6.42. The largest absolute Gasteiger partial charge is 0.348 e. The van der Waals surface area contributed by atoms with E-state index in [1.165, 1.54) is 12.3 Å². The number of imidazole rings is 1. The highest BCUT2D eigenvalue weighted by Crippen LogP contribution is 2.29. The fourth-order valence-corrected chi connectivity index (χ4v) is 4.47. The van der Waals surface area contributed by atoms with Gasteiger partial charge in [-0.25, -0.2) is 4.98 Å². The Bertz CT molecular complexity index is 1340. The van der Waals surface area contributed by atoms with Crippen molar-refractivity contribution in [3.05, 3.63) is 89.6 Å². The van der Waals surface area contributed by atoms with Crippen molar-refractivity contribution in [2.75, 3.05) is 13.1 Å². The number of amides is 2. The Morgan fingerprint density at radius 2 is 1.80 bits per heavy atom. The van der Waals surface area contributed by atoms with Gasteiger partial charge in [-0.2, -0.15) is 18.6 Å². The van der Waals surface area contributed by atoms with Crippen LogP contribution in [0, 0.1) is 0 Å². The van der Waals surface area contributed by atoms with E-state index in [0.717, 1.165) is 29.6 Å². The second-order valence-corrected chi connectivity index (χ2v) is 8.54. The lowest BCUT2D eigenvalue weighted by atomic mass is 9.89. The second kappa shape index (κ2) is 9.65. The van der Waals surface area contributed by atoms with Gasteiger partial charge in [0.05, 0.1) is 0 Å². The van der Waals surface area contributed by atoms with Gasteiger partial charge in [-0.15, -0.1) is 0 Å². The molecule has 5 rings (SSSR count). The molecule has 1 N–H and O–H groups in total. The molecule has 1 aliphatic heterocycles. The first-order chi connectivity index (χ1) is 17.0. The van der Waals surface area contributed by atoms with Crippen LogP contribution in [0.3, 0.4) is 0 Å². The molecule has 4 aromatic rings. The van der Waals surface area contributed by atoms with Crippen molar-refractivity contribution in [2.24, 2.45) is 0 Å². The van der Waals surface area contributed by atoms with Crippen LogP contribution in [0.15, 0.2) is 67.3 Å². The molecular weight excluding hydrogens is 454 g/mol. The van der Waals surface area contributed by atoms with Gasteiger partial charge in [0.1, 0.15) is 11.3 Å². The first-order valence-corrected chi connectivity index (χ1v) is 11.4. The van der Waals surface area contributed by atoms with Crippen molar-refractivity contribution in [1.29, 1.82) is 0 Å². The summed E-state index contributed by atoms with van der Waals surface area (Å²) in [6.07, 6.45) is 8.15. The lowest BCUT2D eigenvalue weighted by molar-refractivity contribution is 0.0451. The molecule has 4 heterocycles. The van der Waals surface area contributed by atoms with E-state index >= 15 is 0 Å². The van der Waals surface area contributed by atoms with E-state index in [2.05, 4.69) is 15.4 Å². The summed E-state index contributed by atoms with van der Waals surface area (Å²) in [7, 11) is 0. The molecule has 0 radical (unpaired) electrons. The zero-order chi connectivity index (χ0) is 24.4. The number of pyridine rings is 1. The summed E-state index contributed by atoms with van der Waals surface area (Å²) in [5, 5.41) is 6.47. The van der Waals surface area contributed by atoms with Crippen LogP contribution in [-0.4, -0.2) is 49.0 Å². The Kier molecular flexibility index (Phi) is 6.26. The average Bonchev–Trinajstić information content (AvgIpc) is 3.57. The molecule has 180 valence electrons. The molecule has 1 aliphatic rings. The van der Waals surface area contributed by atoms with Crippen molar-refractivity contribution in [3.63, 3.8) is 0 Å². The fourth-order valence-electron chi connectivity index (χ4n) is 4.47. The van der Waals surface area contributed by atoms with Crippen molar-refractivity contribution >= 4 is 17.5 Å². The molecule has 0 spiro atoms. The van der Waals surface area contributed by atoms with Crippen LogP contribution in [0.2, 0.25) is 0 Å². The van der Waals surface area contributed by atoms with Crippen LogP contribution >= 0.6 is 0 Å². The van der Waals surface area contributed by atoms with Gasteiger partial charge in [0.2, 0.25) is 0 Å². The number of benzene rings is 1. The number of hydrogen-bond acceptors (Lipinski definition) is 4. The predicted molar refractivity (Wildman–Crippen MR) is 124 cm³/mol. The molecule has 0 bridgehead atoms. The van der Waals surface area contributed by atoms with Crippen molar-refractivity contribution in [1.82, 2.24) is 29.4 Å².